The number of aromatic amines is 1. The van der Waals surface area contributed by atoms with E-state index in [1.165, 1.54) is 43.7 Å². The summed E-state index contributed by atoms with van der Waals surface area (Å²) in [4.78, 5) is 39.5. The number of H-pyrrole nitrogens is 1. The van der Waals surface area contributed by atoms with Gasteiger partial charge in [-0.15, -0.1) is 0 Å². The smallest absolute Gasteiger partial charge is 0.343 e. The van der Waals surface area contributed by atoms with Crippen molar-refractivity contribution in [2.75, 3.05) is 7.11 Å². The van der Waals surface area contributed by atoms with E-state index in [-0.39, 0.29) is 22.7 Å². The molecule has 1 amide bonds. The van der Waals surface area contributed by atoms with Gasteiger partial charge in [0.1, 0.15) is 5.69 Å². The number of nitrogens with one attached hydrogen (secondary N) is 2. The number of nitro groups is 1. The first-order valence-corrected chi connectivity index (χ1v) is 13.5. The Bertz CT molecular complexity index is 1880. The van der Waals surface area contributed by atoms with Crippen molar-refractivity contribution >= 4 is 46.3 Å². The van der Waals surface area contributed by atoms with Crippen LogP contribution < -0.4 is 14.9 Å². The summed E-state index contributed by atoms with van der Waals surface area (Å²) in [7, 11) is 1.41. The van der Waals surface area contributed by atoms with E-state index in [1.54, 1.807) is 18.2 Å². The molecular formula is C32H25ClN4O6. The highest BCUT2D eigenvalue weighted by Crippen LogP contribution is 2.37. The van der Waals surface area contributed by atoms with Gasteiger partial charge in [0.15, 0.2) is 11.5 Å². The number of amides is 1. The zero-order valence-corrected chi connectivity index (χ0v) is 23.8. The second kappa shape index (κ2) is 12.6. The van der Waals surface area contributed by atoms with Crippen molar-refractivity contribution in [3.63, 3.8) is 0 Å². The molecule has 4 aromatic carbocycles. The SMILES string of the molecule is CCc1cccc2c(-c3ccccc3Cl)c(C(=O)NN=Cc3ccc(OC(=O)c4ccc([N+](=O)[O-])cc4)c(OC)c3)[nH]c12. The average Bonchev–Trinajstić information content (AvgIpc) is 3.41. The van der Waals surface area contributed by atoms with Crippen LogP contribution in [0.15, 0.2) is 90.0 Å². The number of nitrogens with zero attached hydrogens (tertiary/aromatic N) is 2. The highest BCUT2D eigenvalue weighted by molar-refractivity contribution is 6.34. The molecule has 0 saturated heterocycles. The zero-order chi connectivity index (χ0) is 30.5. The standard InChI is InChI=1S/C32H25ClN4O6/c1-3-20-7-6-9-24-28(23-8-4-5-10-25(23)33)30(35-29(20)24)31(38)36-34-18-19-11-16-26(27(17-19)42-2)43-32(39)21-12-14-22(15-13-21)37(40)41/h4-18,35H,3H2,1-2H3,(H,36,38). The van der Waals surface area contributed by atoms with Gasteiger partial charge in [0.2, 0.25) is 0 Å². The number of para-hydroxylation sites is 1. The van der Waals surface area contributed by atoms with Crippen molar-refractivity contribution in [1.29, 1.82) is 0 Å². The molecule has 216 valence electrons. The summed E-state index contributed by atoms with van der Waals surface area (Å²) in [6, 6.07) is 23.0. The Morgan fingerprint density at radius 2 is 1.79 bits per heavy atom. The largest absolute Gasteiger partial charge is 0.493 e. The fraction of sp³-hybridized carbons (Fsp3) is 0.0938. The van der Waals surface area contributed by atoms with Gasteiger partial charge >= 0.3 is 5.97 Å². The normalized spacial score (nSPS) is 11.0. The number of carbonyl (C=O) groups excluding carboxylic acids is 2. The topological polar surface area (TPSA) is 136 Å². The lowest BCUT2D eigenvalue weighted by Crippen LogP contribution is -2.19. The van der Waals surface area contributed by atoms with Crippen LogP contribution in [0.5, 0.6) is 11.5 Å². The molecule has 0 atom stereocenters. The minimum atomic E-state index is -0.708. The molecule has 1 aromatic heterocycles. The van der Waals surface area contributed by atoms with Crippen molar-refractivity contribution in [3.8, 4) is 22.6 Å². The predicted octanol–water partition coefficient (Wildman–Crippen LogP) is 6.95. The first-order chi connectivity index (χ1) is 20.8. The van der Waals surface area contributed by atoms with Crippen molar-refractivity contribution in [2.45, 2.75) is 13.3 Å². The lowest BCUT2D eigenvalue weighted by Gasteiger charge is -2.10. The Hall–Kier alpha value is -5.48. The zero-order valence-electron chi connectivity index (χ0n) is 23.1. The number of hydrogen-bond acceptors (Lipinski definition) is 7. The van der Waals surface area contributed by atoms with Crippen LogP contribution in [0.1, 0.15) is 38.9 Å². The van der Waals surface area contributed by atoms with Gasteiger partial charge < -0.3 is 14.5 Å². The molecule has 0 spiro atoms. The third-order valence-electron chi connectivity index (χ3n) is 6.76. The van der Waals surface area contributed by atoms with E-state index >= 15 is 0 Å². The van der Waals surface area contributed by atoms with Gasteiger partial charge in [-0.3, -0.25) is 14.9 Å². The summed E-state index contributed by atoms with van der Waals surface area (Å²) in [5.74, 6) is -0.777. The van der Waals surface area contributed by atoms with Crippen molar-refractivity contribution in [2.24, 2.45) is 5.10 Å². The van der Waals surface area contributed by atoms with Crippen LogP contribution in [0.25, 0.3) is 22.0 Å². The van der Waals surface area contributed by atoms with Crippen molar-refractivity contribution in [1.82, 2.24) is 10.4 Å². The number of ether oxygens (including phenoxy) is 2. The minimum Gasteiger partial charge on any atom is -0.493 e. The Kier molecular flexibility index (Phi) is 8.49. The molecule has 0 radical (unpaired) electrons. The molecule has 2 N–H and O–H groups in total. The monoisotopic (exact) mass is 596 g/mol. The number of hydrogen-bond donors (Lipinski definition) is 2. The fourth-order valence-electron chi connectivity index (χ4n) is 4.64. The Labute approximate surface area is 251 Å². The molecule has 1 heterocycles. The fourth-order valence-corrected chi connectivity index (χ4v) is 4.87. The number of rotatable bonds is 9. The molecule has 11 heteroatoms. The Morgan fingerprint density at radius 1 is 1.02 bits per heavy atom. The van der Waals surface area contributed by atoms with Gasteiger partial charge in [-0.2, -0.15) is 5.10 Å². The minimum absolute atomic E-state index is 0.139. The van der Waals surface area contributed by atoms with Gasteiger partial charge in [-0.05, 0) is 53.9 Å². The van der Waals surface area contributed by atoms with Crippen LogP contribution >= 0.6 is 11.6 Å². The summed E-state index contributed by atoms with van der Waals surface area (Å²) in [6.07, 6.45) is 2.21. The number of methoxy groups -OCH3 is 1. The average molecular weight is 597 g/mol. The van der Waals surface area contributed by atoms with E-state index in [4.69, 9.17) is 21.1 Å². The van der Waals surface area contributed by atoms with Gasteiger partial charge in [-0.1, -0.05) is 54.9 Å². The molecule has 0 fully saturated rings. The van der Waals surface area contributed by atoms with Crippen LogP contribution in [0.4, 0.5) is 5.69 Å². The second-order valence-electron chi connectivity index (χ2n) is 9.35. The maximum atomic E-state index is 13.4. The number of non-ortho nitro benzene ring substituents is 1. The summed E-state index contributed by atoms with van der Waals surface area (Å²) in [5.41, 5.74) is 6.79. The highest BCUT2D eigenvalue weighted by Gasteiger charge is 2.22. The van der Waals surface area contributed by atoms with E-state index in [2.05, 4.69) is 15.5 Å². The number of halogens is 1. The summed E-state index contributed by atoms with van der Waals surface area (Å²) in [6.45, 7) is 2.05. The quantitative estimate of drug-likeness (QED) is 0.0621. The second-order valence-corrected chi connectivity index (χ2v) is 9.76. The third kappa shape index (κ3) is 6.09. The molecule has 43 heavy (non-hydrogen) atoms. The van der Waals surface area contributed by atoms with E-state index in [0.29, 0.717) is 21.8 Å². The van der Waals surface area contributed by atoms with Crippen LogP contribution in [0, 0.1) is 10.1 Å². The summed E-state index contributed by atoms with van der Waals surface area (Å²) in [5, 5.41) is 16.4. The van der Waals surface area contributed by atoms with E-state index in [9.17, 15) is 19.7 Å². The van der Waals surface area contributed by atoms with Gasteiger partial charge in [0, 0.05) is 39.2 Å². The molecule has 5 rings (SSSR count). The van der Waals surface area contributed by atoms with Crippen LogP contribution in [-0.2, 0) is 6.42 Å². The molecule has 0 aliphatic rings. The van der Waals surface area contributed by atoms with Crippen LogP contribution in [0.3, 0.4) is 0 Å². The van der Waals surface area contributed by atoms with Gasteiger partial charge in [0.25, 0.3) is 11.6 Å². The lowest BCUT2D eigenvalue weighted by atomic mass is 9.99. The van der Waals surface area contributed by atoms with Crippen molar-refractivity contribution < 1.29 is 24.0 Å². The number of nitro benzene ring substituents is 1. The third-order valence-corrected chi connectivity index (χ3v) is 7.08. The number of esters is 1. The number of fused-ring (bicyclic) bond motifs is 1. The van der Waals surface area contributed by atoms with E-state index < -0.39 is 16.8 Å². The van der Waals surface area contributed by atoms with Crippen molar-refractivity contribution in [3.05, 3.63) is 122 Å². The molecule has 0 bridgehead atoms. The Balaban J connectivity index is 1.36. The molecule has 0 aliphatic carbocycles. The number of aryl methyl sites for hydroxylation is 1. The van der Waals surface area contributed by atoms with Crippen LogP contribution in [0.2, 0.25) is 5.02 Å². The first kappa shape index (κ1) is 29.0. The summed E-state index contributed by atoms with van der Waals surface area (Å²) < 4.78 is 10.8. The maximum absolute atomic E-state index is 13.4. The highest BCUT2D eigenvalue weighted by atomic mass is 35.5. The number of aromatic nitrogens is 1. The molecular weight excluding hydrogens is 572 g/mol. The van der Waals surface area contributed by atoms with Gasteiger partial charge in [-0.25, -0.2) is 10.2 Å². The Morgan fingerprint density at radius 3 is 2.49 bits per heavy atom. The molecule has 10 nitrogen and oxygen atoms in total. The molecule has 5 aromatic rings. The van der Waals surface area contributed by atoms with Gasteiger partial charge in [0.05, 0.1) is 23.8 Å². The molecule has 0 saturated carbocycles. The molecule has 0 unspecified atom stereocenters. The van der Waals surface area contributed by atoms with E-state index in [0.717, 1.165) is 28.5 Å². The predicted molar refractivity (Wildman–Crippen MR) is 164 cm³/mol. The van der Waals surface area contributed by atoms with E-state index in [1.807, 2.05) is 43.3 Å². The van der Waals surface area contributed by atoms with Crippen LogP contribution in [-0.4, -0.2) is 35.1 Å². The first-order valence-electron chi connectivity index (χ1n) is 13.2. The number of carbonyl (C=O) groups is 2. The summed E-state index contributed by atoms with van der Waals surface area (Å²) >= 11 is 6.53. The number of benzene rings is 4. The molecule has 0 aliphatic heterocycles. The lowest BCUT2D eigenvalue weighted by molar-refractivity contribution is -0.384. The number of hydrazone groups is 1. The maximum Gasteiger partial charge on any atom is 0.343 e.